The third-order valence-corrected chi connectivity index (χ3v) is 2.62. The van der Waals surface area contributed by atoms with Gasteiger partial charge in [-0.3, -0.25) is 9.89 Å². The molecule has 0 unspecified atom stereocenters. The highest BCUT2D eigenvalue weighted by Crippen LogP contribution is 2.11. The van der Waals surface area contributed by atoms with E-state index in [4.69, 9.17) is 5.73 Å². The van der Waals surface area contributed by atoms with E-state index < -0.39 is 0 Å². The van der Waals surface area contributed by atoms with Crippen molar-refractivity contribution in [2.24, 2.45) is 5.73 Å². The normalized spacial score (nSPS) is 11.6. The first-order chi connectivity index (χ1) is 7.79. The van der Waals surface area contributed by atoms with Crippen molar-refractivity contribution in [2.75, 3.05) is 6.54 Å². The van der Waals surface area contributed by atoms with Gasteiger partial charge in [-0.15, -0.1) is 0 Å². The molecule has 1 aromatic rings. The van der Waals surface area contributed by atoms with E-state index in [1.54, 1.807) is 0 Å². The molecule has 0 aliphatic heterocycles. The van der Waals surface area contributed by atoms with Crippen molar-refractivity contribution < 1.29 is 4.79 Å². The number of nitrogens with one attached hydrogen (secondary N) is 2. The summed E-state index contributed by atoms with van der Waals surface area (Å²) in [6, 6.07) is 0. The number of nitrogens with two attached hydrogens (primary N) is 1. The van der Waals surface area contributed by atoms with Crippen LogP contribution in [-0.2, 0) is 11.2 Å². The predicted molar refractivity (Wildman–Crippen MR) is 67.7 cm³/mol. The lowest BCUT2D eigenvalue weighted by atomic mass is 10.1. The number of hydrogen-bond donors (Lipinski definition) is 3. The number of aryl methyl sites for hydroxylation is 2. The Morgan fingerprint density at radius 3 is 2.59 bits per heavy atom. The standard InChI is InChI=1S/C12H22N4O/c1-8-10(9(2)16-15-8)5-6-11(17)14-7-12(3,4)13/h5-7,13H2,1-4H3,(H,14,17)(H,15,16). The maximum absolute atomic E-state index is 11.6. The van der Waals surface area contributed by atoms with Crippen LogP contribution in [0.2, 0.25) is 0 Å². The first kappa shape index (κ1) is 13.7. The molecule has 0 saturated carbocycles. The molecule has 0 saturated heterocycles. The summed E-state index contributed by atoms with van der Waals surface area (Å²) < 4.78 is 0. The van der Waals surface area contributed by atoms with Gasteiger partial charge in [0.25, 0.3) is 0 Å². The van der Waals surface area contributed by atoms with E-state index >= 15 is 0 Å². The van der Waals surface area contributed by atoms with Crippen molar-refractivity contribution in [3.63, 3.8) is 0 Å². The minimum Gasteiger partial charge on any atom is -0.354 e. The van der Waals surface area contributed by atoms with Gasteiger partial charge in [0.15, 0.2) is 0 Å². The van der Waals surface area contributed by atoms with E-state index in [1.807, 2.05) is 27.7 Å². The van der Waals surface area contributed by atoms with Gasteiger partial charge in [0.2, 0.25) is 5.91 Å². The number of hydrogen-bond acceptors (Lipinski definition) is 3. The molecule has 0 aliphatic carbocycles. The van der Waals surface area contributed by atoms with E-state index in [2.05, 4.69) is 15.5 Å². The van der Waals surface area contributed by atoms with Gasteiger partial charge in [-0.1, -0.05) is 0 Å². The van der Waals surface area contributed by atoms with Gasteiger partial charge in [-0.05, 0) is 39.7 Å². The van der Waals surface area contributed by atoms with Crippen LogP contribution in [0.15, 0.2) is 0 Å². The highest BCUT2D eigenvalue weighted by atomic mass is 16.1. The minimum atomic E-state index is -0.364. The number of amides is 1. The summed E-state index contributed by atoms with van der Waals surface area (Å²) in [4.78, 5) is 11.6. The van der Waals surface area contributed by atoms with Crippen LogP contribution in [-0.4, -0.2) is 28.2 Å². The van der Waals surface area contributed by atoms with E-state index in [0.717, 1.165) is 17.0 Å². The van der Waals surface area contributed by atoms with Crippen LogP contribution >= 0.6 is 0 Å². The second-order valence-electron chi connectivity index (χ2n) is 5.18. The Morgan fingerprint density at radius 2 is 2.12 bits per heavy atom. The summed E-state index contributed by atoms with van der Waals surface area (Å²) in [6.07, 6.45) is 1.18. The smallest absolute Gasteiger partial charge is 0.220 e. The molecular formula is C12H22N4O. The third-order valence-electron chi connectivity index (χ3n) is 2.62. The first-order valence-electron chi connectivity index (χ1n) is 5.85. The molecule has 0 bridgehead atoms. The lowest BCUT2D eigenvalue weighted by Crippen LogP contribution is -2.45. The van der Waals surface area contributed by atoms with Crippen LogP contribution < -0.4 is 11.1 Å². The van der Waals surface area contributed by atoms with Gasteiger partial charge in [-0.25, -0.2) is 0 Å². The van der Waals surface area contributed by atoms with Crippen LogP contribution in [0.1, 0.15) is 37.2 Å². The van der Waals surface area contributed by atoms with Crippen LogP contribution in [0.5, 0.6) is 0 Å². The van der Waals surface area contributed by atoms with E-state index in [1.165, 1.54) is 0 Å². The van der Waals surface area contributed by atoms with Crippen molar-refractivity contribution in [2.45, 2.75) is 46.1 Å². The number of nitrogens with zero attached hydrogens (tertiary/aromatic N) is 1. The van der Waals surface area contributed by atoms with Crippen LogP contribution in [0.3, 0.4) is 0 Å². The van der Waals surface area contributed by atoms with Gasteiger partial charge < -0.3 is 11.1 Å². The summed E-state index contributed by atoms with van der Waals surface area (Å²) in [7, 11) is 0. The molecule has 0 radical (unpaired) electrons. The van der Waals surface area contributed by atoms with E-state index in [-0.39, 0.29) is 11.4 Å². The molecule has 0 aliphatic rings. The Morgan fingerprint density at radius 1 is 1.47 bits per heavy atom. The highest BCUT2D eigenvalue weighted by Gasteiger charge is 2.13. The summed E-state index contributed by atoms with van der Waals surface area (Å²) in [6.45, 7) is 8.18. The lowest BCUT2D eigenvalue weighted by molar-refractivity contribution is -0.121. The fourth-order valence-electron chi connectivity index (χ4n) is 1.60. The molecule has 0 spiro atoms. The molecule has 4 N–H and O–H groups in total. The molecule has 0 aromatic carbocycles. The van der Waals surface area contributed by atoms with Crippen molar-refractivity contribution in [1.82, 2.24) is 15.5 Å². The Balaban J connectivity index is 2.39. The monoisotopic (exact) mass is 238 g/mol. The van der Waals surface area contributed by atoms with Crippen molar-refractivity contribution in [3.05, 3.63) is 17.0 Å². The zero-order valence-corrected chi connectivity index (χ0v) is 11.1. The summed E-state index contributed by atoms with van der Waals surface area (Å²) in [5, 5.41) is 9.85. The Bertz CT molecular complexity index is 370. The Hall–Kier alpha value is -1.36. The predicted octanol–water partition coefficient (Wildman–Crippen LogP) is 0.813. The Labute approximate surface area is 102 Å². The fraction of sp³-hybridized carbons (Fsp3) is 0.667. The fourth-order valence-corrected chi connectivity index (χ4v) is 1.60. The van der Waals surface area contributed by atoms with Crippen LogP contribution in [0.25, 0.3) is 0 Å². The number of H-pyrrole nitrogens is 1. The second-order valence-corrected chi connectivity index (χ2v) is 5.18. The van der Waals surface area contributed by atoms with E-state index in [9.17, 15) is 4.79 Å². The summed E-state index contributed by atoms with van der Waals surface area (Å²) in [5.74, 6) is 0.0310. The van der Waals surface area contributed by atoms with Crippen LogP contribution in [0, 0.1) is 13.8 Å². The molecular weight excluding hydrogens is 216 g/mol. The molecule has 0 fully saturated rings. The van der Waals surface area contributed by atoms with Crippen LogP contribution in [0.4, 0.5) is 0 Å². The van der Waals surface area contributed by atoms with Gasteiger partial charge >= 0.3 is 0 Å². The first-order valence-corrected chi connectivity index (χ1v) is 5.85. The molecule has 5 heteroatoms. The summed E-state index contributed by atoms with van der Waals surface area (Å²) in [5.41, 5.74) is 8.56. The SMILES string of the molecule is Cc1n[nH]c(C)c1CCC(=O)NCC(C)(C)N. The number of aromatic nitrogens is 2. The maximum Gasteiger partial charge on any atom is 0.220 e. The quantitative estimate of drug-likeness (QED) is 0.710. The minimum absolute atomic E-state index is 0.0310. The Kier molecular flexibility index (Phi) is 4.28. The average molecular weight is 238 g/mol. The van der Waals surface area contributed by atoms with Crippen molar-refractivity contribution in [3.8, 4) is 0 Å². The zero-order chi connectivity index (χ0) is 13.1. The number of rotatable bonds is 5. The highest BCUT2D eigenvalue weighted by molar-refractivity contribution is 5.76. The summed E-state index contributed by atoms with van der Waals surface area (Å²) >= 11 is 0. The molecule has 96 valence electrons. The van der Waals surface area contributed by atoms with Gasteiger partial charge in [0.1, 0.15) is 0 Å². The number of carbonyl (C=O) groups is 1. The third kappa shape index (κ3) is 4.56. The molecule has 0 atom stereocenters. The van der Waals surface area contributed by atoms with Crippen molar-refractivity contribution >= 4 is 5.91 Å². The average Bonchev–Trinajstić information content (AvgIpc) is 2.52. The number of carbonyl (C=O) groups excluding carboxylic acids is 1. The second kappa shape index (κ2) is 5.31. The molecule has 1 rings (SSSR count). The molecule has 1 amide bonds. The lowest BCUT2D eigenvalue weighted by Gasteiger charge is -2.18. The van der Waals surface area contributed by atoms with Crippen molar-refractivity contribution in [1.29, 1.82) is 0 Å². The topological polar surface area (TPSA) is 83.8 Å². The molecule has 17 heavy (non-hydrogen) atoms. The largest absolute Gasteiger partial charge is 0.354 e. The maximum atomic E-state index is 11.6. The van der Waals surface area contributed by atoms with Gasteiger partial charge in [-0.2, -0.15) is 5.10 Å². The molecule has 5 nitrogen and oxygen atoms in total. The zero-order valence-electron chi connectivity index (χ0n) is 11.1. The molecule has 1 aromatic heterocycles. The van der Waals surface area contributed by atoms with Gasteiger partial charge in [0.05, 0.1) is 5.69 Å². The van der Waals surface area contributed by atoms with Gasteiger partial charge in [0, 0.05) is 24.2 Å². The number of aromatic amines is 1. The molecule has 1 heterocycles. The van der Waals surface area contributed by atoms with E-state index in [0.29, 0.717) is 19.4 Å².